The van der Waals surface area contributed by atoms with Gasteiger partial charge in [-0.05, 0) is 39.3 Å². The van der Waals surface area contributed by atoms with E-state index in [0.717, 1.165) is 15.2 Å². The maximum Gasteiger partial charge on any atom is 0.222 e. The number of para-hydroxylation sites is 1. The third kappa shape index (κ3) is 3.66. The van der Waals surface area contributed by atoms with Gasteiger partial charge in [0, 0.05) is 5.92 Å². The summed E-state index contributed by atoms with van der Waals surface area (Å²) in [7, 11) is 0. The zero-order chi connectivity index (χ0) is 20.9. The lowest BCUT2D eigenvalue weighted by Gasteiger charge is -2.28. The van der Waals surface area contributed by atoms with Crippen LogP contribution in [0, 0.1) is 12.8 Å². The lowest BCUT2D eigenvalue weighted by molar-refractivity contribution is -0.0601. The highest BCUT2D eigenvalue weighted by molar-refractivity contribution is 7.21. The minimum atomic E-state index is -1.12. The smallest absolute Gasteiger partial charge is 0.222 e. The number of benzene rings is 1. The number of aliphatic hydroxyl groups excluding tert-OH is 2. The van der Waals surface area contributed by atoms with E-state index in [1.807, 2.05) is 31.2 Å². The molecule has 0 aliphatic heterocycles. The first kappa shape index (κ1) is 20.0. The van der Waals surface area contributed by atoms with E-state index in [4.69, 9.17) is 10.7 Å². The summed E-state index contributed by atoms with van der Waals surface area (Å²) < 4.78 is 1.04. The largest absolute Gasteiger partial charge is 0.390 e. The van der Waals surface area contributed by atoms with E-state index in [9.17, 15) is 15.3 Å². The fourth-order valence-electron chi connectivity index (χ4n) is 3.99. The summed E-state index contributed by atoms with van der Waals surface area (Å²) >= 11 is 1.52. The highest BCUT2D eigenvalue weighted by atomic mass is 32.1. The first-order chi connectivity index (χ1) is 13.6. The highest BCUT2D eigenvalue weighted by Crippen LogP contribution is 2.39. The SMILES string of the molecule is Cc1nc(N)nc(NC2CC(C(C)(C)O)C(O)C2O)c1-c1nc2ccccc2s1. The van der Waals surface area contributed by atoms with Crippen molar-refractivity contribution in [2.75, 3.05) is 11.1 Å². The Morgan fingerprint density at radius 1 is 1.14 bits per heavy atom. The second kappa shape index (κ2) is 7.17. The Kier molecular flexibility index (Phi) is 4.94. The number of rotatable bonds is 4. The van der Waals surface area contributed by atoms with Crippen molar-refractivity contribution in [1.82, 2.24) is 15.0 Å². The number of hydrogen-bond acceptors (Lipinski definition) is 9. The average Bonchev–Trinajstić information content (AvgIpc) is 3.17. The maximum absolute atomic E-state index is 10.6. The van der Waals surface area contributed by atoms with Gasteiger partial charge < -0.3 is 26.4 Å². The molecule has 4 atom stereocenters. The van der Waals surface area contributed by atoms with Gasteiger partial charge in [0.1, 0.15) is 16.9 Å². The van der Waals surface area contributed by atoms with Gasteiger partial charge in [0.15, 0.2) is 0 Å². The lowest BCUT2D eigenvalue weighted by Crippen LogP contribution is -2.40. The normalized spacial score (nSPS) is 24.9. The molecule has 0 spiro atoms. The Hall–Kier alpha value is -2.33. The number of nitrogen functional groups attached to an aromatic ring is 1. The van der Waals surface area contributed by atoms with Crippen molar-refractivity contribution in [3.05, 3.63) is 30.0 Å². The van der Waals surface area contributed by atoms with Crippen LogP contribution in [0.3, 0.4) is 0 Å². The van der Waals surface area contributed by atoms with Crippen LogP contribution in [0.15, 0.2) is 24.3 Å². The number of aryl methyl sites for hydroxylation is 1. The lowest BCUT2D eigenvalue weighted by atomic mass is 9.88. The van der Waals surface area contributed by atoms with E-state index >= 15 is 0 Å². The number of hydrogen-bond donors (Lipinski definition) is 5. The number of anilines is 2. The summed E-state index contributed by atoms with van der Waals surface area (Å²) in [5.74, 6) is 0.102. The molecule has 8 nitrogen and oxygen atoms in total. The molecule has 4 unspecified atom stereocenters. The van der Waals surface area contributed by atoms with E-state index < -0.39 is 29.8 Å². The van der Waals surface area contributed by atoms with Crippen LogP contribution in [0.5, 0.6) is 0 Å². The van der Waals surface area contributed by atoms with Crippen LogP contribution in [0.1, 0.15) is 26.0 Å². The third-order valence-electron chi connectivity index (χ3n) is 5.53. The fraction of sp³-hybridized carbons (Fsp3) is 0.450. The van der Waals surface area contributed by atoms with Gasteiger partial charge in [0.2, 0.25) is 5.95 Å². The fourth-order valence-corrected chi connectivity index (χ4v) is 5.05. The van der Waals surface area contributed by atoms with Gasteiger partial charge in [-0.15, -0.1) is 11.3 Å². The first-order valence-corrected chi connectivity index (χ1v) is 10.3. The number of nitrogens with two attached hydrogens (primary N) is 1. The van der Waals surface area contributed by atoms with Crippen molar-refractivity contribution in [3.8, 4) is 10.6 Å². The van der Waals surface area contributed by atoms with Crippen molar-refractivity contribution in [3.63, 3.8) is 0 Å². The summed E-state index contributed by atoms with van der Waals surface area (Å²) in [4.78, 5) is 13.3. The summed E-state index contributed by atoms with van der Waals surface area (Å²) in [6.45, 7) is 5.11. The first-order valence-electron chi connectivity index (χ1n) is 9.50. The standard InChI is InChI=1S/C20H25N5O3S/c1-9-14(18-24-11-6-4-5-7-13(11)29-18)17(25-19(21)22-9)23-12-8-10(20(2,3)28)15(26)16(12)27/h4-7,10,12,15-16,26-28H,8H2,1-3H3,(H3,21,22,23,25). The Labute approximate surface area is 172 Å². The van der Waals surface area contributed by atoms with E-state index in [2.05, 4.69) is 15.3 Å². The van der Waals surface area contributed by atoms with Crippen molar-refractivity contribution in [1.29, 1.82) is 0 Å². The van der Waals surface area contributed by atoms with Gasteiger partial charge in [-0.3, -0.25) is 0 Å². The minimum Gasteiger partial charge on any atom is -0.390 e. The molecule has 0 amide bonds. The molecule has 6 N–H and O–H groups in total. The van der Waals surface area contributed by atoms with Crippen molar-refractivity contribution < 1.29 is 15.3 Å². The van der Waals surface area contributed by atoms with Gasteiger partial charge in [-0.2, -0.15) is 4.98 Å². The van der Waals surface area contributed by atoms with Gasteiger partial charge in [0.05, 0.1) is 39.2 Å². The summed E-state index contributed by atoms with van der Waals surface area (Å²) in [5.41, 5.74) is 7.04. The highest BCUT2D eigenvalue weighted by Gasteiger charge is 2.47. The molecule has 2 heterocycles. The van der Waals surface area contributed by atoms with E-state index in [0.29, 0.717) is 23.5 Å². The molecule has 1 saturated carbocycles. The van der Waals surface area contributed by atoms with Crippen LogP contribution in [-0.2, 0) is 0 Å². The molecular weight excluding hydrogens is 390 g/mol. The molecule has 2 aromatic heterocycles. The van der Waals surface area contributed by atoms with Crippen LogP contribution < -0.4 is 11.1 Å². The quantitative estimate of drug-likeness (QED) is 0.436. The van der Waals surface area contributed by atoms with Crippen molar-refractivity contribution >= 4 is 33.3 Å². The molecule has 29 heavy (non-hydrogen) atoms. The number of aliphatic hydroxyl groups is 3. The molecule has 3 aromatic rings. The molecule has 1 aliphatic rings. The summed E-state index contributed by atoms with van der Waals surface area (Å²) in [6.07, 6.45) is -1.71. The van der Waals surface area contributed by atoms with Gasteiger partial charge in [-0.1, -0.05) is 12.1 Å². The van der Waals surface area contributed by atoms with Crippen LogP contribution in [0.25, 0.3) is 20.8 Å². The zero-order valence-corrected chi connectivity index (χ0v) is 17.3. The Morgan fingerprint density at radius 3 is 2.52 bits per heavy atom. The Morgan fingerprint density at radius 2 is 1.86 bits per heavy atom. The van der Waals surface area contributed by atoms with Gasteiger partial charge >= 0.3 is 0 Å². The molecule has 1 aromatic carbocycles. The number of nitrogens with zero attached hydrogens (tertiary/aromatic N) is 3. The van der Waals surface area contributed by atoms with Crippen LogP contribution in [0.2, 0.25) is 0 Å². The second-order valence-electron chi connectivity index (χ2n) is 8.11. The molecule has 1 fully saturated rings. The predicted molar refractivity (Wildman–Crippen MR) is 114 cm³/mol. The molecule has 9 heteroatoms. The number of thiazole rings is 1. The van der Waals surface area contributed by atoms with Crippen LogP contribution in [-0.4, -0.2) is 54.1 Å². The molecule has 1 aliphatic carbocycles. The monoisotopic (exact) mass is 415 g/mol. The topological polar surface area (TPSA) is 137 Å². The van der Waals surface area contributed by atoms with Crippen molar-refractivity contribution in [2.24, 2.45) is 5.92 Å². The molecule has 154 valence electrons. The van der Waals surface area contributed by atoms with E-state index in [-0.39, 0.29) is 5.95 Å². The number of nitrogens with one attached hydrogen (secondary N) is 1. The second-order valence-corrected chi connectivity index (χ2v) is 9.14. The van der Waals surface area contributed by atoms with Crippen LogP contribution in [0.4, 0.5) is 11.8 Å². The molecule has 0 radical (unpaired) electrons. The summed E-state index contributed by atoms with van der Waals surface area (Å²) in [5, 5.41) is 35.3. The maximum atomic E-state index is 10.6. The predicted octanol–water partition coefficient (Wildman–Crippen LogP) is 1.94. The molecule has 0 bridgehead atoms. The summed E-state index contributed by atoms with van der Waals surface area (Å²) in [6, 6.07) is 7.35. The average molecular weight is 416 g/mol. The molecule has 0 saturated heterocycles. The van der Waals surface area contributed by atoms with Gasteiger partial charge in [-0.25, -0.2) is 9.97 Å². The number of fused-ring (bicyclic) bond motifs is 1. The Bertz CT molecular complexity index is 1020. The zero-order valence-electron chi connectivity index (χ0n) is 16.5. The number of aromatic nitrogens is 3. The van der Waals surface area contributed by atoms with E-state index in [1.165, 1.54) is 11.3 Å². The third-order valence-corrected chi connectivity index (χ3v) is 6.58. The molecular formula is C20H25N5O3S. The molecule has 4 rings (SSSR count). The van der Waals surface area contributed by atoms with Gasteiger partial charge in [0.25, 0.3) is 0 Å². The Balaban J connectivity index is 1.73. The minimum absolute atomic E-state index is 0.113. The van der Waals surface area contributed by atoms with E-state index in [1.54, 1.807) is 13.8 Å². The van der Waals surface area contributed by atoms with Crippen molar-refractivity contribution in [2.45, 2.75) is 51.0 Å². The van der Waals surface area contributed by atoms with Crippen LogP contribution >= 0.6 is 11.3 Å².